The number of aryl methyl sites for hydroxylation is 1. The highest BCUT2D eigenvalue weighted by Crippen LogP contribution is 2.23. The highest BCUT2D eigenvalue weighted by atomic mass is 32.2. The highest BCUT2D eigenvalue weighted by Gasteiger charge is 2.17. The van der Waals surface area contributed by atoms with Crippen LogP contribution in [0.4, 0.5) is 10.1 Å². The number of sulfonamides is 1. The summed E-state index contributed by atoms with van der Waals surface area (Å²) in [5.41, 5.74) is 0.822. The quantitative estimate of drug-likeness (QED) is 0.883. The lowest BCUT2D eigenvalue weighted by molar-refractivity contribution is 0.101. The molecule has 110 valence electrons. The van der Waals surface area contributed by atoms with Crippen LogP contribution >= 0.6 is 0 Å². The number of nitrogens with one attached hydrogen (secondary N) is 1. The average molecular weight is 307 g/mol. The number of Topliss-reactive ketones (excluding diaryl/α,β-unsaturated/α-hetero) is 1. The summed E-state index contributed by atoms with van der Waals surface area (Å²) in [5, 5.41) is 0. The minimum atomic E-state index is -3.90. The SMILES string of the molecule is CC(=O)c1ccc(S(=O)(=O)Nc2c(C)cccc2F)cc1. The topological polar surface area (TPSA) is 63.2 Å². The lowest BCUT2D eigenvalue weighted by Crippen LogP contribution is -2.15. The van der Waals surface area contributed by atoms with Crippen LogP contribution < -0.4 is 4.72 Å². The van der Waals surface area contributed by atoms with Gasteiger partial charge in [-0.05, 0) is 37.6 Å². The fraction of sp³-hybridized carbons (Fsp3) is 0.133. The molecule has 0 saturated heterocycles. The fourth-order valence-corrected chi connectivity index (χ4v) is 2.96. The van der Waals surface area contributed by atoms with Gasteiger partial charge in [-0.25, -0.2) is 12.8 Å². The van der Waals surface area contributed by atoms with Crippen molar-refractivity contribution in [1.29, 1.82) is 0 Å². The monoisotopic (exact) mass is 307 g/mol. The Kier molecular flexibility index (Phi) is 4.09. The summed E-state index contributed by atoms with van der Waals surface area (Å²) in [6.07, 6.45) is 0. The summed E-state index contributed by atoms with van der Waals surface area (Å²) >= 11 is 0. The Hall–Kier alpha value is -2.21. The molecule has 0 spiro atoms. The molecule has 6 heteroatoms. The molecule has 2 rings (SSSR count). The van der Waals surface area contributed by atoms with E-state index < -0.39 is 15.8 Å². The number of carbonyl (C=O) groups excluding carboxylic acids is 1. The van der Waals surface area contributed by atoms with Gasteiger partial charge in [0.15, 0.2) is 5.78 Å². The number of anilines is 1. The van der Waals surface area contributed by atoms with Crippen LogP contribution in [0.25, 0.3) is 0 Å². The second-order valence-electron chi connectivity index (χ2n) is 4.62. The van der Waals surface area contributed by atoms with Gasteiger partial charge >= 0.3 is 0 Å². The minimum absolute atomic E-state index is 0.0323. The van der Waals surface area contributed by atoms with Gasteiger partial charge in [0.05, 0.1) is 10.6 Å². The molecular formula is C15H14FNO3S. The number of carbonyl (C=O) groups is 1. The van der Waals surface area contributed by atoms with E-state index in [0.717, 1.165) is 0 Å². The molecule has 0 amide bonds. The predicted octanol–water partition coefficient (Wildman–Crippen LogP) is 3.14. The van der Waals surface area contributed by atoms with Crippen LogP contribution in [0.1, 0.15) is 22.8 Å². The Balaban J connectivity index is 2.36. The molecule has 0 heterocycles. The van der Waals surface area contributed by atoms with Crippen LogP contribution in [0.15, 0.2) is 47.4 Å². The minimum Gasteiger partial charge on any atom is -0.295 e. The number of hydrogen-bond acceptors (Lipinski definition) is 3. The first-order chi connectivity index (χ1) is 9.81. The number of benzene rings is 2. The Bertz CT molecular complexity index is 763. The van der Waals surface area contributed by atoms with Crippen LogP contribution in [-0.2, 0) is 10.0 Å². The second-order valence-corrected chi connectivity index (χ2v) is 6.30. The lowest BCUT2D eigenvalue weighted by Gasteiger charge is -2.11. The molecule has 0 aliphatic carbocycles. The van der Waals surface area contributed by atoms with Crippen molar-refractivity contribution in [3.05, 3.63) is 59.4 Å². The van der Waals surface area contributed by atoms with Crippen molar-refractivity contribution in [2.24, 2.45) is 0 Å². The van der Waals surface area contributed by atoms with Gasteiger partial charge in [0.1, 0.15) is 5.82 Å². The molecule has 0 radical (unpaired) electrons. The number of para-hydroxylation sites is 1. The average Bonchev–Trinajstić information content (AvgIpc) is 2.43. The molecule has 21 heavy (non-hydrogen) atoms. The molecular weight excluding hydrogens is 293 g/mol. The molecule has 0 fully saturated rings. The fourth-order valence-electron chi connectivity index (χ4n) is 1.82. The van der Waals surface area contributed by atoms with Crippen molar-refractivity contribution in [1.82, 2.24) is 0 Å². The van der Waals surface area contributed by atoms with Crippen LogP contribution in [0.5, 0.6) is 0 Å². The van der Waals surface area contributed by atoms with E-state index in [1.54, 1.807) is 13.0 Å². The zero-order chi connectivity index (χ0) is 15.6. The third kappa shape index (κ3) is 3.28. The first-order valence-corrected chi connectivity index (χ1v) is 7.68. The van der Waals surface area contributed by atoms with Gasteiger partial charge in [-0.1, -0.05) is 24.3 Å². The van der Waals surface area contributed by atoms with Crippen molar-refractivity contribution in [2.75, 3.05) is 4.72 Å². The Morgan fingerprint density at radius 1 is 1.10 bits per heavy atom. The van der Waals surface area contributed by atoms with E-state index in [2.05, 4.69) is 4.72 Å². The largest absolute Gasteiger partial charge is 0.295 e. The van der Waals surface area contributed by atoms with E-state index in [4.69, 9.17) is 0 Å². The molecule has 0 bridgehead atoms. The first-order valence-electron chi connectivity index (χ1n) is 6.20. The highest BCUT2D eigenvalue weighted by molar-refractivity contribution is 7.92. The Labute approximate surface area is 122 Å². The van der Waals surface area contributed by atoms with Crippen LogP contribution in [0.2, 0.25) is 0 Å². The smallest absolute Gasteiger partial charge is 0.261 e. The molecule has 0 unspecified atom stereocenters. The second kappa shape index (κ2) is 5.65. The number of hydrogen-bond donors (Lipinski definition) is 1. The summed E-state index contributed by atoms with van der Waals surface area (Å²) in [4.78, 5) is 11.1. The van der Waals surface area contributed by atoms with E-state index in [1.807, 2.05) is 0 Å². The summed E-state index contributed by atoms with van der Waals surface area (Å²) < 4.78 is 40.4. The zero-order valence-electron chi connectivity index (χ0n) is 11.6. The van der Waals surface area contributed by atoms with E-state index in [0.29, 0.717) is 11.1 Å². The summed E-state index contributed by atoms with van der Waals surface area (Å²) in [6.45, 7) is 3.00. The molecule has 2 aromatic rings. The van der Waals surface area contributed by atoms with Crippen LogP contribution in [0, 0.1) is 12.7 Å². The molecule has 0 aromatic heterocycles. The van der Waals surface area contributed by atoms with Crippen molar-refractivity contribution in [3.63, 3.8) is 0 Å². The van der Waals surface area contributed by atoms with Crippen molar-refractivity contribution in [3.8, 4) is 0 Å². The third-order valence-electron chi connectivity index (χ3n) is 3.03. The molecule has 0 saturated carbocycles. The number of rotatable bonds is 4. The summed E-state index contributed by atoms with van der Waals surface area (Å²) in [5.74, 6) is -0.796. The predicted molar refractivity (Wildman–Crippen MR) is 78.4 cm³/mol. The molecule has 4 nitrogen and oxygen atoms in total. The molecule has 0 aliphatic rings. The molecule has 2 aromatic carbocycles. The van der Waals surface area contributed by atoms with Crippen molar-refractivity contribution >= 4 is 21.5 Å². The van der Waals surface area contributed by atoms with Gasteiger partial charge in [-0.2, -0.15) is 0 Å². The summed E-state index contributed by atoms with van der Waals surface area (Å²) in [6, 6.07) is 9.77. The van der Waals surface area contributed by atoms with Gasteiger partial charge in [-0.15, -0.1) is 0 Å². The third-order valence-corrected chi connectivity index (χ3v) is 4.40. The standard InChI is InChI=1S/C15H14FNO3S/c1-10-4-3-5-14(16)15(10)17-21(19,20)13-8-6-12(7-9-13)11(2)18/h3-9,17H,1-2H3. The van der Waals surface area contributed by atoms with E-state index in [-0.39, 0.29) is 16.4 Å². The maximum Gasteiger partial charge on any atom is 0.261 e. The molecule has 0 atom stereocenters. The lowest BCUT2D eigenvalue weighted by atomic mass is 10.2. The van der Waals surface area contributed by atoms with Gasteiger partial charge in [0.2, 0.25) is 0 Å². The molecule has 1 N–H and O–H groups in total. The van der Waals surface area contributed by atoms with E-state index in [1.165, 1.54) is 43.3 Å². The Morgan fingerprint density at radius 3 is 2.24 bits per heavy atom. The van der Waals surface area contributed by atoms with Gasteiger partial charge < -0.3 is 0 Å². The van der Waals surface area contributed by atoms with Crippen molar-refractivity contribution in [2.45, 2.75) is 18.7 Å². The van der Waals surface area contributed by atoms with Crippen molar-refractivity contribution < 1.29 is 17.6 Å². The maximum absolute atomic E-state index is 13.7. The van der Waals surface area contributed by atoms with Gasteiger partial charge in [-0.3, -0.25) is 9.52 Å². The zero-order valence-corrected chi connectivity index (χ0v) is 12.4. The van der Waals surface area contributed by atoms with Gasteiger partial charge in [0.25, 0.3) is 10.0 Å². The number of halogens is 1. The van der Waals surface area contributed by atoms with Crippen LogP contribution in [-0.4, -0.2) is 14.2 Å². The van der Waals surface area contributed by atoms with E-state index >= 15 is 0 Å². The first kappa shape index (κ1) is 15.2. The summed E-state index contributed by atoms with van der Waals surface area (Å²) in [7, 11) is -3.90. The normalized spacial score (nSPS) is 11.2. The number of ketones is 1. The van der Waals surface area contributed by atoms with Gasteiger partial charge in [0, 0.05) is 5.56 Å². The maximum atomic E-state index is 13.7. The van der Waals surface area contributed by atoms with Crippen LogP contribution in [0.3, 0.4) is 0 Å². The molecule has 0 aliphatic heterocycles. The van der Waals surface area contributed by atoms with E-state index in [9.17, 15) is 17.6 Å². The Morgan fingerprint density at radius 2 is 1.71 bits per heavy atom.